The summed E-state index contributed by atoms with van der Waals surface area (Å²) in [5.41, 5.74) is 2.99. The van der Waals surface area contributed by atoms with Gasteiger partial charge in [0.25, 0.3) is 5.91 Å². The van der Waals surface area contributed by atoms with Gasteiger partial charge in [0, 0.05) is 19.5 Å². The first kappa shape index (κ1) is 28.8. The minimum absolute atomic E-state index is 0.0415. The molecule has 1 aromatic heterocycles. The molecule has 0 spiro atoms. The number of hydrogen-bond acceptors (Lipinski definition) is 8. The molecule has 4 heterocycles. The number of H-pyrrole nitrogens is 2. The Labute approximate surface area is 253 Å². The number of aromatic amines is 2. The predicted molar refractivity (Wildman–Crippen MR) is 160 cm³/mol. The molecule has 4 aromatic rings. The molecule has 0 fully saturated rings. The molecule has 228 valence electrons. The summed E-state index contributed by atoms with van der Waals surface area (Å²) in [6.07, 6.45) is 2.04. The number of methoxy groups -OCH3 is 2. The molecule has 0 radical (unpaired) electrons. The summed E-state index contributed by atoms with van der Waals surface area (Å²) in [5, 5.41) is 9.12. The van der Waals surface area contributed by atoms with E-state index in [1.165, 1.54) is 0 Å². The summed E-state index contributed by atoms with van der Waals surface area (Å²) >= 11 is 0. The summed E-state index contributed by atoms with van der Waals surface area (Å²) in [4.78, 5) is 42.2. The van der Waals surface area contributed by atoms with Crippen molar-refractivity contribution >= 4 is 11.8 Å². The van der Waals surface area contributed by atoms with E-state index in [4.69, 9.17) is 18.9 Å². The maximum Gasteiger partial charge on any atom is 0.341 e. The third-order valence-corrected chi connectivity index (χ3v) is 7.79. The van der Waals surface area contributed by atoms with E-state index in [1.54, 1.807) is 25.2 Å². The molecule has 3 aliphatic heterocycles. The SMILES string of the molecule is COc1ccc2cc1OCCCNC(=O)CCc1cccc(c1)Oc1cc3c(cc1OC)C2N(C(=O)c1n[nH]c(=O)[nH]1)CC3. The van der Waals surface area contributed by atoms with Crippen LogP contribution in [0.1, 0.15) is 51.8 Å². The fourth-order valence-electron chi connectivity index (χ4n) is 5.65. The standard InChI is InChI=1S/C32H33N5O7/c1-41-24-9-8-21-17-26(24)43-14-4-12-33-28(38)10-7-19-5-3-6-22(15-19)44-27-16-20-11-13-37(29(21)23(20)18-25(27)42-2)31(39)30-34-32(40)36-35-30/h3,5-6,8-9,15-18,29H,4,7,10-14H2,1-2H3,(H,33,38)(H2,34,35,36,40). The first-order valence-electron chi connectivity index (χ1n) is 14.4. The molecule has 0 saturated carbocycles. The number of ether oxygens (including phenoxy) is 4. The highest BCUT2D eigenvalue weighted by Crippen LogP contribution is 2.44. The monoisotopic (exact) mass is 599 g/mol. The fraction of sp³-hybridized carbons (Fsp3) is 0.312. The average Bonchev–Trinajstić information content (AvgIpc) is 3.48. The molecule has 12 heteroatoms. The smallest absolute Gasteiger partial charge is 0.341 e. The van der Waals surface area contributed by atoms with Crippen LogP contribution in [0, 0.1) is 0 Å². The van der Waals surface area contributed by atoms with E-state index in [-0.39, 0.29) is 11.7 Å². The van der Waals surface area contributed by atoms with E-state index in [9.17, 15) is 14.4 Å². The Morgan fingerprint density at radius 3 is 2.64 bits per heavy atom. The summed E-state index contributed by atoms with van der Waals surface area (Å²) in [7, 11) is 3.13. The number of nitrogens with one attached hydrogen (secondary N) is 3. The van der Waals surface area contributed by atoms with Gasteiger partial charge in [-0.15, -0.1) is 5.10 Å². The van der Waals surface area contributed by atoms with Crippen LogP contribution in [-0.4, -0.2) is 65.8 Å². The average molecular weight is 600 g/mol. The van der Waals surface area contributed by atoms with Crippen LogP contribution in [0.5, 0.6) is 28.7 Å². The second kappa shape index (κ2) is 12.5. The van der Waals surface area contributed by atoms with Crippen LogP contribution in [0.2, 0.25) is 0 Å². The Hall–Kier alpha value is -5.26. The van der Waals surface area contributed by atoms with Gasteiger partial charge >= 0.3 is 5.69 Å². The van der Waals surface area contributed by atoms with Crippen LogP contribution in [0.15, 0.2) is 59.4 Å². The molecule has 3 aromatic carbocycles. The second-order valence-electron chi connectivity index (χ2n) is 10.6. The molecule has 0 saturated heterocycles. The van der Waals surface area contributed by atoms with E-state index in [0.717, 1.165) is 22.3 Å². The lowest BCUT2D eigenvalue weighted by Crippen LogP contribution is -2.41. The number of rotatable bonds is 3. The van der Waals surface area contributed by atoms with Gasteiger partial charge in [-0.25, -0.2) is 9.89 Å². The quantitative estimate of drug-likeness (QED) is 0.324. The second-order valence-corrected chi connectivity index (χ2v) is 10.6. The number of carbonyl (C=O) groups excluding carboxylic acids is 2. The molecular weight excluding hydrogens is 566 g/mol. The zero-order valence-electron chi connectivity index (χ0n) is 24.5. The molecule has 0 aliphatic carbocycles. The van der Waals surface area contributed by atoms with Crippen molar-refractivity contribution in [1.29, 1.82) is 0 Å². The van der Waals surface area contributed by atoms with Crippen molar-refractivity contribution in [3.05, 3.63) is 93.2 Å². The molecule has 2 amide bonds. The topological polar surface area (TPSA) is 148 Å². The van der Waals surface area contributed by atoms with Crippen LogP contribution in [-0.2, 0) is 17.6 Å². The van der Waals surface area contributed by atoms with Crippen LogP contribution >= 0.6 is 0 Å². The zero-order valence-corrected chi connectivity index (χ0v) is 24.5. The highest BCUT2D eigenvalue weighted by Gasteiger charge is 2.35. The Balaban J connectivity index is 1.47. The van der Waals surface area contributed by atoms with E-state index in [1.807, 2.05) is 48.5 Å². The number of amides is 2. The molecule has 8 bridgehead atoms. The largest absolute Gasteiger partial charge is 0.493 e. The van der Waals surface area contributed by atoms with Crippen molar-refractivity contribution in [2.75, 3.05) is 33.9 Å². The third-order valence-electron chi connectivity index (χ3n) is 7.79. The Kier molecular flexibility index (Phi) is 8.22. The zero-order chi connectivity index (χ0) is 30.6. The van der Waals surface area contributed by atoms with Gasteiger partial charge < -0.3 is 29.2 Å². The van der Waals surface area contributed by atoms with Crippen LogP contribution in [0.4, 0.5) is 0 Å². The number of aryl methyl sites for hydroxylation is 1. The van der Waals surface area contributed by atoms with Crippen LogP contribution < -0.4 is 30.0 Å². The first-order chi connectivity index (χ1) is 21.4. The molecule has 1 unspecified atom stereocenters. The van der Waals surface area contributed by atoms with Crippen molar-refractivity contribution in [1.82, 2.24) is 25.4 Å². The molecule has 44 heavy (non-hydrogen) atoms. The molecule has 3 aliphatic rings. The van der Waals surface area contributed by atoms with E-state index >= 15 is 0 Å². The fourth-order valence-corrected chi connectivity index (χ4v) is 5.65. The normalized spacial score (nSPS) is 16.7. The van der Waals surface area contributed by atoms with Crippen molar-refractivity contribution in [2.24, 2.45) is 0 Å². The molecular formula is C32H33N5O7. The number of carbonyl (C=O) groups is 2. The molecule has 12 nitrogen and oxygen atoms in total. The van der Waals surface area contributed by atoms with Gasteiger partial charge in [0.05, 0.1) is 26.9 Å². The predicted octanol–water partition coefficient (Wildman–Crippen LogP) is 3.53. The number of aromatic nitrogens is 3. The van der Waals surface area contributed by atoms with Crippen molar-refractivity contribution in [3.63, 3.8) is 0 Å². The van der Waals surface area contributed by atoms with E-state index in [0.29, 0.717) is 74.1 Å². The Morgan fingerprint density at radius 2 is 1.84 bits per heavy atom. The lowest BCUT2D eigenvalue weighted by molar-refractivity contribution is -0.121. The Morgan fingerprint density at radius 1 is 0.977 bits per heavy atom. The highest BCUT2D eigenvalue weighted by molar-refractivity contribution is 5.91. The first-order valence-corrected chi connectivity index (χ1v) is 14.4. The molecule has 3 N–H and O–H groups in total. The van der Waals surface area contributed by atoms with Gasteiger partial charge in [-0.3, -0.25) is 14.6 Å². The Bertz CT molecular complexity index is 1750. The van der Waals surface area contributed by atoms with Gasteiger partial charge in [0.15, 0.2) is 23.0 Å². The summed E-state index contributed by atoms with van der Waals surface area (Å²) in [6.45, 7) is 1.16. The molecule has 7 rings (SSSR count). The lowest BCUT2D eigenvalue weighted by atomic mass is 9.87. The van der Waals surface area contributed by atoms with Gasteiger partial charge in [-0.1, -0.05) is 18.2 Å². The van der Waals surface area contributed by atoms with Gasteiger partial charge in [-0.05, 0) is 77.9 Å². The molecule has 1 atom stereocenters. The van der Waals surface area contributed by atoms with E-state index in [2.05, 4.69) is 20.5 Å². The van der Waals surface area contributed by atoms with Gasteiger partial charge in [0.2, 0.25) is 11.7 Å². The minimum Gasteiger partial charge on any atom is -0.493 e. The summed E-state index contributed by atoms with van der Waals surface area (Å²) in [5.74, 6) is 2.13. The number of hydrogen-bond donors (Lipinski definition) is 3. The third kappa shape index (κ3) is 5.96. The van der Waals surface area contributed by atoms with Gasteiger partial charge in [0.1, 0.15) is 5.75 Å². The van der Waals surface area contributed by atoms with E-state index < -0.39 is 17.6 Å². The summed E-state index contributed by atoms with van der Waals surface area (Å²) in [6, 6.07) is 16.4. The van der Waals surface area contributed by atoms with Crippen molar-refractivity contribution < 1.29 is 28.5 Å². The number of benzene rings is 3. The number of nitrogens with zero attached hydrogens (tertiary/aromatic N) is 2. The van der Waals surface area contributed by atoms with Crippen molar-refractivity contribution in [3.8, 4) is 28.7 Å². The highest BCUT2D eigenvalue weighted by atomic mass is 16.5. The van der Waals surface area contributed by atoms with Crippen molar-refractivity contribution in [2.45, 2.75) is 31.7 Å². The van der Waals surface area contributed by atoms with Crippen LogP contribution in [0.3, 0.4) is 0 Å². The minimum atomic E-state index is -0.573. The van der Waals surface area contributed by atoms with Gasteiger partial charge in [-0.2, -0.15) is 0 Å². The maximum atomic E-state index is 13.7. The number of fused-ring (bicyclic) bond motifs is 8. The van der Waals surface area contributed by atoms with Crippen LogP contribution in [0.25, 0.3) is 0 Å². The lowest BCUT2D eigenvalue weighted by Gasteiger charge is -2.38. The maximum absolute atomic E-state index is 13.7. The summed E-state index contributed by atoms with van der Waals surface area (Å²) < 4.78 is 23.8.